The van der Waals surface area contributed by atoms with Crippen LogP contribution in [0.15, 0.2) is 24.3 Å². The van der Waals surface area contributed by atoms with E-state index in [-0.39, 0.29) is 24.4 Å². The van der Waals surface area contributed by atoms with Crippen LogP contribution in [0.5, 0.6) is 0 Å². The van der Waals surface area contributed by atoms with Gasteiger partial charge >= 0.3 is 5.97 Å². The molecule has 0 spiro atoms. The zero-order valence-corrected chi connectivity index (χ0v) is 11.7. The largest absolute Gasteiger partial charge is 0.461 e. The molecule has 4 nitrogen and oxygen atoms in total. The quantitative estimate of drug-likeness (QED) is 0.802. The Hall–Kier alpha value is -1.84. The van der Waals surface area contributed by atoms with Crippen LogP contribution in [0.4, 0.5) is 5.69 Å². The van der Waals surface area contributed by atoms with E-state index in [4.69, 9.17) is 4.74 Å². The smallest absolute Gasteiger partial charge is 0.308 e. The second-order valence-electron chi connectivity index (χ2n) is 4.76. The van der Waals surface area contributed by atoms with Gasteiger partial charge in [-0.3, -0.25) is 9.59 Å². The molecule has 1 aromatic carbocycles. The number of hydrogen-bond donors (Lipinski definition) is 1. The molecule has 104 valence electrons. The summed E-state index contributed by atoms with van der Waals surface area (Å²) in [6.45, 7) is 5.83. The molecular formula is C15H21NO3. The molecule has 0 fully saturated rings. The van der Waals surface area contributed by atoms with Crippen molar-refractivity contribution in [1.29, 1.82) is 0 Å². The van der Waals surface area contributed by atoms with Crippen LogP contribution in [0, 0.1) is 5.92 Å². The highest BCUT2D eigenvalue weighted by Gasteiger charge is 2.08. The van der Waals surface area contributed by atoms with E-state index in [1.54, 1.807) is 13.8 Å². The van der Waals surface area contributed by atoms with Gasteiger partial charge in [-0.2, -0.15) is 0 Å². The van der Waals surface area contributed by atoms with Gasteiger partial charge in [0.1, 0.15) is 6.61 Å². The summed E-state index contributed by atoms with van der Waals surface area (Å²) in [5.41, 5.74) is 1.67. The third-order valence-electron chi connectivity index (χ3n) is 2.57. The summed E-state index contributed by atoms with van der Waals surface area (Å²) in [7, 11) is 0. The number of esters is 1. The number of hydrogen-bond acceptors (Lipinski definition) is 3. The number of benzene rings is 1. The molecule has 0 saturated carbocycles. The first-order chi connectivity index (χ1) is 9.02. The van der Waals surface area contributed by atoms with Gasteiger partial charge in [-0.1, -0.05) is 32.9 Å². The summed E-state index contributed by atoms with van der Waals surface area (Å²) in [6.07, 6.45) is 1.35. The number of ether oxygens (including phenoxy) is 1. The first-order valence-corrected chi connectivity index (χ1v) is 6.58. The fourth-order valence-corrected chi connectivity index (χ4v) is 1.46. The zero-order valence-electron chi connectivity index (χ0n) is 11.7. The monoisotopic (exact) mass is 263 g/mol. The summed E-state index contributed by atoms with van der Waals surface area (Å²) < 4.78 is 5.12. The Balaban J connectivity index is 2.47. The fourth-order valence-electron chi connectivity index (χ4n) is 1.46. The third kappa shape index (κ3) is 5.55. The van der Waals surface area contributed by atoms with Gasteiger partial charge in [0, 0.05) is 12.1 Å². The van der Waals surface area contributed by atoms with Crippen molar-refractivity contribution in [3.63, 3.8) is 0 Å². The Labute approximate surface area is 114 Å². The van der Waals surface area contributed by atoms with Crippen LogP contribution >= 0.6 is 0 Å². The van der Waals surface area contributed by atoms with E-state index in [0.29, 0.717) is 6.42 Å². The molecule has 1 amide bonds. The molecule has 0 radical (unpaired) electrons. The molecule has 0 saturated heterocycles. The molecule has 0 aliphatic rings. The van der Waals surface area contributed by atoms with Crippen molar-refractivity contribution < 1.29 is 14.3 Å². The Morgan fingerprint density at radius 1 is 1.21 bits per heavy atom. The lowest BCUT2D eigenvalue weighted by Gasteiger charge is -2.08. The number of carbonyl (C=O) groups is 2. The molecule has 1 aromatic rings. The minimum Gasteiger partial charge on any atom is -0.461 e. The molecule has 0 aliphatic heterocycles. The average Bonchev–Trinajstić information content (AvgIpc) is 2.37. The van der Waals surface area contributed by atoms with Crippen molar-refractivity contribution in [1.82, 2.24) is 0 Å². The van der Waals surface area contributed by atoms with Crippen molar-refractivity contribution >= 4 is 17.6 Å². The normalized spacial score (nSPS) is 10.3. The van der Waals surface area contributed by atoms with Crippen molar-refractivity contribution in [2.24, 2.45) is 5.92 Å². The second-order valence-corrected chi connectivity index (χ2v) is 4.76. The Bertz CT molecular complexity index is 424. The molecule has 1 rings (SSSR count). The van der Waals surface area contributed by atoms with Gasteiger partial charge in [-0.25, -0.2) is 0 Å². The van der Waals surface area contributed by atoms with Gasteiger partial charge in [-0.15, -0.1) is 0 Å². The van der Waals surface area contributed by atoms with E-state index in [1.807, 2.05) is 31.2 Å². The van der Waals surface area contributed by atoms with E-state index in [2.05, 4.69) is 5.32 Å². The van der Waals surface area contributed by atoms with Gasteiger partial charge in [0.2, 0.25) is 5.91 Å². The Morgan fingerprint density at radius 3 is 2.37 bits per heavy atom. The van der Waals surface area contributed by atoms with E-state index in [1.165, 1.54) is 0 Å². The van der Waals surface area contributed by atoms with E-state index in [9.17, 15) is 9.59 Å². The summed E-state index contributed by atoms with van der Waals surface area (Å²) in [5, 5.41) is 2.81. The van der Waals surface area contributed by atoms with Crippen LogP contribution in [0.3, 0.4) is 0 Å². The first kappa shape index (κ1) is 15.2. The van der Waals surface area contributed by atoms with Crippen LogP contribution in [0.1, 0.15) is 39.2 Å². The van der Waals surface area contributed by atoms with Gasteiger partial charge in [-0.05, 0) is 24.1 Å². The zero-order chi connectivity index (χ0) is 14.3. The molecule has 19 heavy (non-hydrogen) atoms. The van der Waals surface area contributed by atoms with Crippen LogP contribution in [0.2, 0.25) is 0 Å². The van der Waals surface area contributed by atoms with E-state index >= 15 is 0 Å². The molecule has 0 bridgehead atoms. The minimum atomic E-state index is -0.208. The molecule has 0 unspecified atom stereocenters. The second kappa shape index (κ2) is 7.56. The van der Waals surface area contributed by atoms with Crippen molar-refractivity contribution in [3.8, 4) is 0 Å². The van der Waals surface area contributed by atoms with Crippen molar-refractivity contribution in [2.75, 3.05) is 5.32 Å². The first-order valence-electron chi connectivity index (χ1n) is 6.58. The van der Waals surface area contributed by atoms with Crippen LogP contribution < -0.4 is 5.32 Å². The van der Waals surface area contributed by atoms with Crippen LogP contribution in [-0.2, 0) is 20.9 Å². The molecular weight excluding hydrogens is 242 g/mol. The Kier molecular flexibility index (Phi) is 6.06. The summed E-state index contributed by atoms with van der Waals surface area (Å²) >= 11 is 0. The maximum Gasteiger partial charge on any atom is 0.308 e. The number of amides is 1. The lowest BCUT2D eigenvalue weighted by Crippen LogP contribution is -2.12. The van der Waals surface area contributed by atoms with Gasteiger partial charge in [0.25, 0.3) is 0 Å². The molecule has 0 heterocycles. The number of carbonyl (C=O) groups excluding carboxylic acids is 2. The van der Waals surface area contributed by atoms with Crippen LogP contribution in [-0.4, -0.2) is 11.9 Å². The number of anilines is 1. The maximum absolute atomic E-state index is 11.4. The molecule has 0 aliphatic carbocycles. The number of nitrogens with one attached hydrogen (secondary N) is 1. The Morgan fingerprint density at radius 2 is 1.84 bits per heavy atom. The topological polar surface area (TPSA) is 55.4 Å². The summed E-state index contributed by atoms with van der Waals surface area (Å²) in [5.74, 6) is -0.311. The predicted molar refractivity (Wildman–Crippen MR) is 74.6 cm³/mol. The standard InChI is InChI=1S/C15H21NO3/c1-4-5-14(17)16-13-8-6-12(7-9-13)10-19-15(18)11(2)3/h6-9,11H,4-5,10H2,1-3H3,(H,16,17). The maximum atomic E-state index is 11.4. The van der Waals surface area contributed by atoms with Gasteiger partial charge in [0.15, 0.2) is 0 Å². The van der Waals surface area contributed by atoms with Crippen molar-refractivity contribution in [3.05, 3.63) is 29.8 Å². The van der Waals surface area contributed by atoms with Gasteiger partial charge < -0.3 is 10.1 Å². The van der Waals surface area contributed by atoms with Gasteiger partial charge in [0.05, 0.1) is 5.92 Å². The predicted octanol–water partition coefficient (Wildman–Crippen LogP) is 3.12. The van der Waals surface area contributed by atoms with E-state index in [0.717, 1.165) is 17.7 Å². The molecule has 1 N–H and O–H groups in total. The molecule has 0 atom stereocenters. The summed E-state index contributed by atoms with van der Waals surface area (Å²) in [6, 6.07) is 7.31. The molecule has 4 heteroatoms. The third-order valence-corrected chi connectivity index (χ3v) is 2.57. The highest BCUT2D eigenvalue weighted by molar-refractivity contribution is 5.90. The van der Waals surface area contributed by atoms with E-state index < -0.39 is 0 Å². The fraction of sp³-hybridized carbons (Fsp3) is 0.467. The lowest BCUT2D eigenvalue weighted by atomic mass is 10.2. The average molecular weight is 263 g/mol. The number of rotatable bonds is 6. The van der Waals surface area contributed by atoms with Crippen LogP contribution in [0.25, 0.3) is 0 Å². The highest BCUT2D eigenvalue weighted by atomic mass is 16.5. The van der Waals surface area contributed by atoms with Crippen molar-refractivity contribution in [2.45, 2.75) is 40.2 Å². The SMILES string of the molecule is CCCC(=O)Nc1ccc(COC(=O)C(C)C)cc1. The minimum absolute atomic E-state index is 0.0153. The highest BCUT2D eigenvalue weighted by Crippen LogP contribution is 2.11. The lowest BCUT2D eigenvalue weighted by molar-refractivity contribution is -0.148. The molecule has 0 aromatic heterocycles. The summed E-state index contributed by atoms with van der Waals surface area (Å²) in [4.78, 5) is 22.7.